The quantitative estimate of drug-likeness (QED) is 0.214. The van der Waals surface area contributed by atoms with Gasteiger partial charge in [0.15, 0.2) is 16.9 Å². The Labute approximate surface area is 182 Å². The first kappa shape index (κ1) is 22.5. The second kappa shape index (κ2) is 9.78. The lowest BCUT2D eigenvalue weighted by molar-refractivity contribution is -0.143. The highest BCUT2D eigenvalue weighted by molar-refractivity contribution is 7.98. The summed E-state index contributed by atoms with van der Waals surface area (Å²) in [6, 6.07) is 7.23. The van der Waals surface area contributed by atoms with Crippen molar-refractivity contribution in [1.29, 1.82) is 0 Å². The average Bonchev–Trinajstić information content (AvgIpc) is 3.17. The number of aromatic nitrogens is 4. The Balaban J connectivity index is 1.50. The van der Waals surface area contributed by atoms with Gasteiger partial charge in [-0.15, -0.1) is 11.8 Å². The molecule has 0 saturated heterocycles. The van der Waals surface area contributed by atoms with E-state index < -0.39 is 17.2 Å². The molecule has 0 aliphatic rings. The minimum absolute atomic E-state index is 0.0220. The fourth-order valence-electron chi connectivity index (χ4n) is 3.21. The molecular weight excluding hydrogens is 420 g/mol. The van der Waals surface area contributed by atoms with Crippen LogP contribution < -0.4 is 11.2 Å². The van der Waals surface area contributed by atoms with E-state index in [4.69, 9.17) is 4.74 Å². The predicted molar refractivity (Wildman–Crippen MR) is 118 cm³/mol. The van der Waals surface area contributed by atoms with Crippen molar-refractivity contribution in [2.24, 2.45) is 14.1 Å². The van der Waals surface area contributed by atoms with Crippen LogP contribution in [-0.4, -0.2) is 43.3 Å². The van der Waals surface area contributed by atoms with E-state index in [2.05, 4.69) is 4.98 Å². The summed E-state index contributed by atoms with van der Waals surface area (Å²) in [5.41, 5.74) is 0.325. The van der Waals surface area contributed by atoms with Crippen LogP contribution in [-0.2, 0) is 30.2 Å². The largest absolute Gasteiger partial charge is 0.466 e. The van der Waals surface area contributed by atoms with Gasteiger partial charge in [-0.3, -0.25) is 23.5 Å². The highest BCUT2D eigenvalue weighted by Gasteiger charge is 2.15. The van der Waals surface area contributed by atoms with Crippen LogP contribution in [0.2, 0.25) is 0 Å². The van der Waals surface area contributed by atoms with Crippen LogP contribution in [0.3, 0.4) is 0 Å². The van der Waals surface area contributed by atoms with E-state index in [9.17, 15) is 19.2 Å². The molecule has 9 nitrogen and oxygen atoms in total. The van der Waals surface area contributed by atoms with Gasteiger partial charge in [-0.2, -0.15) is 0 Å². The van der Waals surface area contributed by atoms with Gasteiger partial charge in [0.05, 0.1) is 19.4 Å². The Hall–Kier alpha value is -3.14. The molecule has 0 atom stereocenters. The molecule has 3 aromatic rings. The lowest BCUT2D eigenvalue weighted by Crippen LogP contribution is -2.39. The molecule has 31 heavy (non-hydrogen) atoms. The number of rotatable bonds is 9. The van der Waals surface area contributed by atoms with E-state index in [1.807, 2.05) is 18.4 Å². The SMILES string of the molecule is CSc1ccc(C(=O)CCC(=O)OCCCn2c(=O)c3c(ncn3C)n(C)c2=O)cc1. The second-order valence-electron chi connectivity index (χ2n) is 7.05. The number of imidazole rings is 1. The van der Waals surface area contributed by atoms with Crippen molar-refractivity contribution in [2.75, 3.05) is 12.9 Å². The van der Waals surface area contributed by atoms with E-state index in [0.29, 0.717) is 23.1 Å². The number of thioether (sulfide) groups is 1. The third-order valence-corrected chi connectivity index (χ3v) is 5.70. The van der Waals surface area contributed by atoms with E-state index in [1.54, 1.807) is 42.6 Å². The Kier molecular flexibility index (Phi) is 7.11. The number of ether oxygens (including phenoxy) is 1. The van der Waals surface area contributed by atoms with Crippen LogP contribution in [0.25, 0.3) is 11.2 Å². The zero-order valence-corrected chi connectivity index (χ0v) is 18.5. The Morgan fingerprint density at radius 2 is 1.81 bits per heavy atom. The summed E-state index contributed by atoms with van der Waals surface area (Å²) < 4.78 is 9.16. The molecule has 2 heterocycles. The van der Waals surface area contributed by atoms with E-state index in [0.717, 1.165) is 9.46 Å². The monoisotopic (exact) mass is 444 g/mol. The molecule has 0 N–H and O–H groups in total. The molecule has 0 aliphatic heterocycles. The van der Waals surface area contributed by atoms with Gasteiger partial charge in [0, 0.05) is 37.5 Å². The normalized spacial score (nSPS) is 11.1. The molecule has 0 unspecified atom stereocenters. The number of hydrogen-bond acceptors (Lipinski definition) is 7. The summed E-state index contributed by atoms with van der Waals surface area (Å²) in [4.78, 5) is 54.3. The first-order valence-electron chi connectivity index (χ1n) is 9.77. The van der Waals surface area contributed by atoms with E-state index >= 15 is 0 Å². The number of carbonyl (C=O) groups excluding carboxylic acids is 2. The molecule has 10 heteroatoms. The maximum absolute atomic E-state index is 12.6. The number of esters is 1. The third kappa shape index (κ3) is 4.96. The van der Waals surface area contributed by atoms with Gasteiger partial charge in [0.25, 0.3) is 5.56 Å². The number of benzene rings is 1. The van der Waals surface area contributed by atoms with E-state index in [-0.39, 0.29) is 31.8 Å². The molecule has 3 rings (SSSR count). The van der Waals surface area contributed by atoms with Crippen LogP contribution in [0.15, 0.2) is 45.1 Å². The topological polar surface area (TPSA) is 105 Å². The van der Waals surface area contributed by atoms with Crippen molar-refractivity contribution in [1.82, 2.24) is 18.7 Å². The second-order valence-corrected chi connectivity index (χ2v) is 7.93. The van der Waals surface area contributed by atoms with Gasteiger partial charge in [0.1, 0.15) is 0 Å². The minimum Gasteiger partial charge on any atom is -0.466 e. The third-order valence-electron chi connectivity index (χ3n) is 4.96. The van der Waals surface area contributed by atoms with Crippen LogP contribution in [0.1, 0.15) is 29.6 Å². The minimum atomic E-state index is -0.489. The molecule has 0 radical (unpaired) electrons. The molecule has 0 bridgehead atoms. The van der Waals surface area contributed by atoms with Crippen molar-refractivity contribution < 1.29 is 14.3 Å². The highest BCUT2D eigenvalue weighted by Crippen LogP contribution is 2.16. The Morgan fingerprint density at radius 3 is 2.48 bits per heavy atom. The molecule has 0 spiro atoms. The van der Waals surface area contributed by atoms with Crippen molar-refractivity contribution in [3.05, 3.63) is 57.0 Å². The van der Waals surface area contributed by atoms with Crippen molar-refractivity contribution >= 4 is 34.7 Å². The summed E-state index contributed by atoms with van der Waals surface area (Å²) in [5.74, 6) is -0.611. The van der Waals surface area contributed by atoms with Gasteiger partial charge in [-0.05, 0) is 24.8 Å². The summed E-state index contributed by atoms with van der Waals surface area (Å²) in [6.07, 6.45) is 3.78. The number of ketones is 1. The van der Waals surface area contributed by atoms with Crippen LogP contribution in [0.4, 0.5) is 0 Å². The molecule has 164 valence electrons. The van der Waals surface area contributed by atoms with Gasteiger partial charge < -0.3 is 9.30 Å². The molecule has 0 amide bonds. The number of aryl methyl sites for hydroxylation is 2. The predicted octanol–water partition coefficient (Wildman–Crippen LogP) is 1.75. The van der Waals surface area contributed by atoms with Gasteiger partial charge in [0.2, 0.25) is 0 Å². The lowest BCUT2D eigenvalue weighted by atomic mass is 10.1. The van der Waals surface area contributed by atoms with Crippen molar-refractivity contribution in [3.8, 4) is 0 Å². The molecular formula is C21H24N4O5S. The number of fused-ring (bicyclic) bond motifs is 1. The Morgan fingerprint density at radius 1 is 1.10 bits per heavy atom. The van der Waals surface area contributed by atoms with Gasteiger partial charge >= 0.3 is 11.7 Å². The lowest BCUT2D eigenvalue weighted by Gasteiger charge is -2.09. The summed E-state index contributed by atoms with van der Waals surface area (Å²) >= 11 is 1.59. The zero-order valence-electron chi connectivity index (χ0n) is 17.7. The van der Waals surface area contributed by atoms with Gasteiger partial charge in [-0.25, -0.2) is 9.78 Å². The molecule has 2 aromatic heterocycles. The summed E-state index contributed by atoms with van der Waals surface area (Å²) in [7, 11) is 3.24. The fraction of sp³-hybridized carbons (Fsp3) is 0.381. The van der Waals surface area contributed by atoms with Crippen LogP contribution in [0, 0.1) is 0 Å². The summed E-state index contributed by atoms with van der Waals surface area (Å²) in [5, 5.41) is 0. The van der Waals surface area contributed by atoms with Crippen molar-refractivity contribution in [3.63, 3.8) is 0 Å². The smallest absolute Gasteiger partial charge is 0.332 e. The number of hydrogen-bond donors (Lipinski definition) is 0. The first-order valence-corrected chi connectivity index (χ1v) is 11.0. The maximum Gasteiger partial charge on any atom is 0.332 e. The van der Waals surface area contributed by atoms with Crippen LogP contribution in [0.5, 0.6) is 0 Å². The Bertz CT molecular complexity index is 1220. The standard InChI is InChI=1S/C21H24N4O5S/c1-23-13-22-19-18(23)20(28)25(21(29)24(19)2)11-4-12-30-17(27)10-9-16(26)14-5-7-15(31-3)8-6-14/h5-8,13H,4,9-12H2,1-3H3. The summed E-state index contributed by atoms with van der Waals surface area (Å²) in [6.45, 7) is 0.162. The number of nitrogens with zero attached hydrogens (tertiary/aromatic N) is 4. The van der Waals surface area contributed by atoms with Crippen molar-refractivity contribution in [2.45, 2.75) is 30.7 Å². The molecule has 0 saturated carbocycles. The zero-order chi connectivity index (χ0) is 22.5. The van der Waals surface area contributed by atoms with Crippen LogP contribution >= 0.6 is 11.8 Å². The maximum atomic E-state index is 12.6. The number of carbonyl (C=O) groups is 2. The fourth-order valence-corrected chi connectivity index (χ4v) is 3.62. The number of Topliss-reactive ketones (excluding diaryl/α,β-unsaturated/α-hetero) is 1. The first-order chi connectivity index (χ1) is 14.8. The average molecular weight is 445 g/mol. The van der Waals surface area contributed by atoms with Gasteiger partial charge in [-0.1, -0.05) is 12.1 Å². The molecule has 0 aliphatic carbocycles. The highest BCUT2D eigenvalue weighted by atomic mass is 32.2. The van der Waals surface area contributed by atoms with E-state index in [1.165, 1.54) is 10.9 Å². The molecule has 1 aromatic carbocycles. The molecule has 0 fully saturated rings.